The summed E-state index contributed by atoms with van der Waals surface area (Å²) in [4.78, 5) is 0. The van der Waals surface area contributed by atoms with Crippen molar-refractivity contribution in [3.05, 3.63) is 29.6 Å². The van der Waals surface area contributed by atoms with Crippen LogP contribution in [0.5, 0.6) is 5.75 Å². The number of hydrogen-bond donors (Lipinski definition) is 1. The SMILES string of the molecule is CC(C)C(NSC(C)(C)C)c1ccc(F)c(OCC2CC2)c1. The third-order valence-electron chi connectivity index (χ3n) is 3.64. The van der Waals surface area contributed by atoms with Crippen LogP contribution in [0.3, 0.4) is 0 Å². The molecule has 1 N–H and O–H groups in total. The molecule has 22 heavy (non-hydrogen) atoms. The predicted molar refractivity (Wildman–Crippen MR) is 92.7 cm³/mol. The maximum absolute atomic E-state index is 13.9. The van der Waals surface area contributed by atoms with Crippen LogP contribution in [0.15, 0.2) is 18.2 Å². The minimum Gasteiger partial charge on any atom is -0.490 e. The highest BCUT2D eigenvalue weighted by Gasteiger charge is 2.24. The lowest BCUT2D eigenvalue weighted by molar-refractivity contribution is 0.284. The molecular weight excluding hydrogens is 297 g/mol. The Bertz CT molecular complexity index is 494. The number of rotatable bonds is 7. The fraction of sp³-hybridized carbons (Fsp3) is 0.667. The molecule has 0 saturated heterocycles. The summed E-state index contributed by atoms with van der Waals surface area (Å²) in [6.45, 7) is 11.5. The van der Waals surface area contributed by atoms with Crippen LogP contribution >= 0.6 is 11.9 Å². The lowest BCUT2D eigenvalue weighted by Gasteiger charge is -2.27. The summed E-state index contributed by atoms with van der Waals surface area (Å²) in [5, 5.41) is 0. The predicted octanol–water partition coefficient (Wildman–Crippen LogP) is 5.35. The molecule has 0 radical (unpaired) electrons. The summed E-state index contributed by atoms with van der Waals surface area (Å²) >= 11 is 1.72. The lowest BCUT2D eigenvalue weighted by atomic mass is 9.97. The van der Waals surface area contributed by atoms with Crippen molar-refractivity contribution < 1.29 is 9.13 Å². The van der Waals surface area contributed by atoms with Crippen molar-refractivity contribution in [2.24, 2.45) is 11.8 Å². The largest absolute Gasteiger partial charge is 0.490 e. The van der Waals surface area contributed by atoms with Gasteiger partial charge in [0.05, 0.1) is 6.61 Å². The standard InChI is InChI=1S/C18H28FNOS/c1-12(2)17(20-22-18(3,4)5)14-8-9-15(19)16(10-14)21-11-13-6-7-13/h8-10,12-13,17,20H,6-7,11H2,1-5H3. The molecule has 1 aromatic carbocycles. The normalized spacial score (nSPS) is 16.9. The van der Waals surface area contributed by atoms with Gasteiger partial charge in [-0.05, 0) is 63.1 Å². The van der Waals surface area contributed by atoms with Gasteiger partial charge in [-0.2, -0.15) is 0 Å². The number of hydrogen-bond acceptors (Lipinski definition) is 3. The molecule has 1 atom stereocenters. The molecule has 0 heterocycles. The van der Waals surface area contributed by atoms with E-state index >= 15 is 0 Å². The Kier molecular flexibility index (Phi) is 5.78. The van der Waals surface area contributed by atoms with Gasteiger partial charge in [-0.25, -0.2) is 4.39 Å². The Labute approximate surface area is 138 Å². The smallest absolute Gasteiger partial charge is 0.165 e. The van der Waals surface area contributed by atoms with Crippen LogP contribution in [-0.4, -0.2) is 11.4 Å². The molecule has 1 saturated carbocycles. The van der Waals surface area contributed by atoms with E-state index in [0.717, 1.165) is 5.56 Å². The molecule has 2 nitrogen and oxygen atoms in total. The molecule has 1 aliphatic carbocycles. The van der Waals surface area contributed by atoms with Crippen LogP contribution in [-0.2, 0) is 0 Å². The summed E-state index contributed by atoms with van der Waals surface area (Å²) in [6, 6.07) is 5.42. The minimum atomic E-state index is -0.268. The maximum Gasteiger partial charge on any atom is 0.165 e. The van der Waals surface area contributed by atoms with E-state index in [9.17, 15) is 4.39 Å². The topological polar surface area (TPSA) is 21.3 Å². The van der Waals surface area contributed by atoms with Crippen LogP contribution in [0.2, 0.25) is 0 Å². The minimum absolute atomic E-state index is 0.137. The second-order valence-electron chi connectivity index (χ2n) is 7.50. The van der Waals surface area contributed by atoms with Gasteiger partial charge >= 0.3 is 0 Å². The quantitative estimate of drug-likeness (QED) is 0.683. The fourth-order valence-corrected chi connectivity index (χ4v) is 3.03. The first-order valence-electron chi connectivity index (χ1n) is 8.12. The van der Waals surface area contributed by atoms with Crippen molar-refractivity contribution in [2.45, 2.75) is 58.2 Å². The molecule has 124 valence electrons. The van der Waals surface area contributed by atoms with Gasteiger partial charge < -0.3 is 4.74 Å². The average Bonchev–Trinajstić information content (AvgIpc) is 3.21. The lowest BCUT2D eigenvalue weighted by Crippen LogP contribution is -2.25. The van der Waals surface area contributed by atoms with Crippen LogP contribution in [0.4, 0.5) is 4.39 Å². The van der Waals surface area contributed by atoms with Crippen LogP contribution in [0.25, 0.3) is 0 Å². The van der Waals surface area contributed by atoms with E-state index in [2.05, 4.69) is 39.3 Å². The van der Waals surface area contributed by atoms with E-state index in [-0.39, 0.29) is 16.6 Å². The van der Waals surface area contributed by atoms with Gasteiger partial charge in [0.1, 0.15) is 0 Å². The van der Waals surface area contributed by atoms with Crippen LogP contribution < -0.4 is 9.46 Å². The van der Waals surface area contributed by atoms with Gasteiger partial charge in [-0.15, -0.1) is 0 Å². The zero-order chi connectivity index (χ0) is 16.3. The van der Waals surface area contributed by atoms with Crippen molar-refractivity contribution in [2.75, 3.05) is 6.61 Å². The first-order chi connectivity index (χ1) is 10.3. The maximum atomic E-state index is 13.9. The second kappa shape index (κ2) is 7.22. The summed E-state index contributed by atoms with van der Waals surface area (Å²) < 4.78 is 23.3. The van der Waals surface area contributed by atoms with Gasteiger partial charge in [0.15, 0.2) is 11.6 Å². The highest BCUT2D eigenvalue weighted by molar-refractivity contribution is 7.98. The van der Waals surface area contributed by atoms with Crippen molar-refractivity contribution in [1.82, 2.24) is 4.72 Å². The van der Waals surface area contributed by atoms with E-state index in [4.69, 9.17) is 4.74 Å². The Morgan fingerprint density at radius 3 is 2.55 bits per heavy atom. The molecular formula is C18H28FNOS. The molecule has 0 bridgehead atoms. The summed E-state index contributed by atoms with van der Waals surface area (Å²) in [6.07, 6.45) is 2.42. The molecule has 0 aliphatic heterocycles. The fourth-order valence-electron chi connectivity index (χ4n) is 2.15. The summed E-state index contributed by atoms with van der Waals surface area (Å²) in [5.41, 5.74) is 1.08. The Morgan fingerprint density at radius 2 is 2.00 bits per heavy atom. The number of ether oxygens (including phenoxy) is 1. The summed E-state index contributed by atoms with van der Waals surface area (Å²) in [5.74, 6) is 1.16. The van der Waals surface area contributed by atoms with E-state index in [0.29, 0.717) is 24.2 Å². The molecule has 4 heteroatoms. The van der Waals surface area contributed by atoms with Crippen molar-refractivity contribution in [3.8, 4) is 5.75 Å². The monoisotopic (exact) mass is 325 g/mol. The number of halogens is 1. The molecule has 2 rings (SSSR count). The van der Waals surface area contributed by atoms with Crippen molar-refractivity contribution in [1.29, 1.82) is 0 Å². The van der Waals surface area contributed by atoms with E-state index in [1.165, 1.54) is 18.9 Å². The highest BCUT2D eigenvalue weighted by atomic mass is 32.2. The Hall–Kier alpha value is -0.740. The third kappa shape index (κ3) is 5.47. The van der Waals surface area contributed by atoms with E-state index in [1.807, 2.05) is 12.1 Å². The second-order valence-corrected chi connectivity index (χ2v) is 9.16. The first-order valence-corrected chi connectivity index (χ1v) is 8.93. The van der Waals surface area contributed by atoms with Crippen LogP contribution in [0, 0.1) is 17.7 Å². The Morgan fingerprint density at radius 1 is 1.32 bits per heavy atom. The van der Waals surface area contributed by atoms with Crippen molar-refractivity contribution >= 4 is 11.9 Å². The molecule has 1 aliphatic rings. The highest BCUT2D eigenvalue weighted by Crippen LogP contribution is 2.33. The van der Waals surface area contributed by atoms with Crippen molar-refractivity contribution in [3.63, 3.8) is 0 Å². The summed E-state index contributed by atoms with van der Waals surface area (Å²) in [7, 11) is 0. The van der Waals surface area contributed by atoms with E-state index < -0.39 is 0 Å². The van der Waals surface area contributed by atoms with Gasteiger partial charge in [0.25, 0.3) is 0 Å². The van der Waals surface area contributed by atoms with Gasteiger partial charge in [0.2, 0.25) is 0 Å². The van der Waals surface area contributed by atoms with Crippen LogP contribution in [0.1, 0.15) is 59.1 Å². The molecule has 0 spiro atoms. The van der Waals surface area contributed by atoms with Gasteiger partial charge in [-0.1, -0.05) is 31.9 Å². The average molecular weight is 325 g/mol. The van der Waals surface area contributed by atoms with E-state index in [1.54, 1.807) is 11.9 Å². The number of nitrogens with one attached hydrogen (secondary N) is 1. The molecule has 1 fully saturated rings. The zero-order valence-electron chi connectivity index (χ0n) is 14.3. The molecule has 1 aromatic rings. The zero-order valence-corrected chi connectivity index (χ0v) is 15.1. The molecule has 1 unspecified atom stereocenters. The molecule has 0 amide bonds. The first kappa shape index (κ1) is 17.6. The number of benzene rings is 1. The Balaban J connectivity index is 2.10. The molecule has 0 aromatic heterocycles. The third-order valence-corrected chi connectivity index (χ3v) is 4.63. The van der Waals surface area contributed by atoms with Gasteiger partial charge in [0, 0.05) is 10.8 Å². The van der Waals surface area contributed by atoms with Gasteiger partial charge in [-0.3, -0.25) is 4.72 Å².